The van der Waals surface area contributed by atoms with Gasteiger partial charge in [-0.05, 0) is 25.2 Å². The van der Waals surface area contributed by atoms with E-state index in [0.717, 1.165) is 31.4 Å². The Balaban J connectivity index is 1.94. The molecule has 0 spiro atoms. The number of nitrogens with zero attached hydrogens (tertiary/aromatic N) is 3. The van der Waals surface area contributed by atoms with E-state index < -0.39 is 10.0 Å². The molecule has 0 bridgehead atoms. The maximum atomic E-state index is 12.3. The lowest BCUT2D eigenvalue weighted by Gasteiger charge is -2.31. The summed E-state index contributed by atoms with van der Waals surface area (Å²) in [7, 11) is -3.16. The molecule has 1 aliphatic heterocycles. The van der Waals surface area contributed by atoms with Crippen LogP contribution in [-0.4, -0.2) is 54.5 Å². The lowest BCUT2D eigenvalue weighted by atomic mass is 9.99. The molecular formula is C15H24N4O3S. The predicted molar refractivity (Wildman–Crippen MR) is 87.5 cm³/mol. The third kappa shape index (κ3) is 4.97. The molecule has 2 rings (SSSR count). The number of aromatic nitrogens is 2. The van der Waals surface area contributed by atoms with Gasteiger partial charge in [-0.2, -0.15) is 0 Å². The average molecular weight is 340 g/mol. The Morgan fingerprint density at radius 1 is 1.48 bits per heavy atom. The van der Waals surface area contributed by atoms with Gasteiger partial charge < -0.3 is 5.32 Å². The largest absolute Gasteiger partial charge is 0.352 e. The highest BCUT2D eigenvalue weighted by Gasteiger charge is 2.26. The van der Waals surface area contributed by atoms with E-state index in [0.29, 0.717) is 25.2 Å². The number of nitrogens with one attached hydrogen (secondary N) is 1. The van der Waals surface area contributed by atoms with Crippen molar-refractivity contribution in [1.29, 1.82) is 0 Å². The molecule has 1 unspecified atom stereocenters. The number of carbonyl (C=O) groups excluding carboxylic acids is 1. The first-order valence-electron chi connectivity index (χ1n) is 7.94. The topological polar surface area (TPSA) is 92.3 Å². The van der Waals surface area contributed by atoms with Crippen LogP contribution >= 0.6 is 0 Å². The van der Waals surface area contributed by atoms with E-state index in [9.17, 15) is 13.2 Å². The Bertz CT molecular complexity index is 648. The van der Waals surface area contributed by atoms with Crippen molar-refractivity contribution in [2.45, 2.75) is 32.6 Å². The van der Waals surface area contributed by atoms with Crippen LogP contribution in [0.1, 0.15) is 42.2 Å². The minimum absolute atomic E-state index is 0.140. The summed E-state index contributed by atoms with van der Waals surface area (Å²) in [5, 5.41) is 2.90. The fraction of sp³-hybridized carbons (Fsp3) is 0.667. The normalized spacial score (nSPS) is 19.5. The van der Waals surface area contributed by atoms with Gasteiger partial charge in [0.2, 0.25) is 10.0 Å². The lowest BCUT2D eigenvalue weighted by Crippen LogP contribution is -2.43. The minimum Gasteiger partial charge on any atom is -0.352 e. The van der Waals surface area contributed by atoms with Crippen LogP contribution in [0.25, 0.3) is 0 Å². The van der Waals surface area contributed by atoms with Crippen LogP contribution in [0.15, 0.2) is 12.5 Å². The van der Waals surface area contributed by atoms with Gasteiger partial charge in [0.05, 0.1) is 17.5 Å². The molecule has 128 valence electrons. The highest BCUT2D eigenvalue weighted by Crippen LogP contribution is 2.18. The fourth-order valence-electron chi connectivity index (χ4n) is 2.81. The van der Waals surface area contributed by atoms with Crippen molar-refractivity contribution >= 4 is 15.9 Å². The lowest BCUT2D eigenvalue weighted by molar-refractivity contribution is 0.0939. The SMILES string of the molecule is CCCc1ncncc1C(=O)NCC1CCCN(S(C)(=O)=O)C1. The van der Waals surface area contributed by atoms with E-state index in [1.807, 2.05) is 6.92 Å². The molecule has 7 nitrogen and oxygen atoms in total. The fourth-order valence-corrected chi connectivity index (χ4v) is 3.75. The van der Waals surface area contributed by atoms with E-state index in [1.165, 1.54) is 23.1 Å². The van der Waals surface area contributed by atoms with Crippen LogP contribution in [0.2, 0.25) is 0 Å². The van der Waals surface area contributed by atoms with Gasteiger partial charge in [-0.25, -0.2) is 22.7 Å². The number of carbonyl (C=O) groups is 1. The molecule has 0 aromatic carbocycles. The van der Waals surface area contributed by atoms with Crippen molar-refractivity contribution in [1.82, 2.24) is 19.6 Å². The molecule has 23 heavy (non-hydrogen) atoms. The number of hydrogen-bond acceptors (Lipinski definition) is 5. The number of amides is 1. The van der Waals surface area contributed by atoms with E-state index >= 15 is 0 Å². The van der Waals surface area contributed by atoms with Crippen molar-refractivity contribution in [3.8, 4) is 0 Å². The Labute approximate surface area is 137 Å². The molecule has 1 N–H and O–H groups in total. The Morgan fingerprint density at radius 3 is 2.96 bits per heavy atom. The molecule has 0 aliphatic carbocycles. The molecule has 1 amide bonds. The zero-order valence-corrected chi connectivity index (χ0v) is 14.5. The first kappa shape index (κ1) is 17.8. The van der Waals surface area contributed by atoms with Gasteiger partial charge in [0.25, 0.3) is 5.91 Å². The molecule has 1 saturated heterocycles. The molecule has 1 aliphatic rings. The number of aryl methyl sites for hydroxylation is 1. The number of hydrogen-bond donors (Lipinski definition) is 1. The zero-order valence-electron chi connectivity index (χ0n) is 13.7. The van der Waals surface area contributed by atoms with Gasteiger partial charge in [0.15, 0.2) is 0 Å². The maximum Gasteiger partial charge on any atom is 0.254 e. The highest BCUT2D eigenvalue weighted by atomic mass is 32.2. The zero-order chi connectivity index (χ0) is 16.9. The van der Waals surface area contributed by atoms with Crippen LogP contribution in [-0.2, 0) is 16.4 Å². The second kappa shape index (κ2) is 7.83. The van der Waals surface area contributed by atoms with E-state index in [1.54, 1.807) is 0 Å². The molecule has 1 atom stereocenters. The molecular weight excluding hydrogens is 316 g/mol. The van der Waals surface area contributed by atoms with Crippen LogP contribution in [0.5, 0.6) is 0 Å². The molecule has 1 aromatic heterocycles. The van der Waals surface area contributed by atoms with Gasteiger partial charge in [-0.15, -0.1) is 0 Å². The summed E-state index contributed by atoms with van der Waals surface area (Å²) in [5.41, 5.74) is 1.26. The smallest absolute Gasteiger partial charge is 0.254 e. The molecule has 0 radical (unpaired) electrons. The summed E-state index contributed by atoms with van der Waals surface area (Å²) < 4.78 is 24.7. The van der Waals surface area contributed by atoms with Gasteiger partial charge in [0, 0.05) is 25.8 Å². The van der Waals surface area contributed by atoms with Crippen LogP contribution in [0, 0.1) is 5.92 Å². The summed E-state index contributed by atoms with van der Waals surface area (Å²) in [6.07, 6.45) is 7.60. The highest BCUT2D eigenvalue weighted by molar-refractivity contribution is 7.88. The van der Waals surface area contributed by atoms with Crippen molar-refractivity contribution in [2.75, 3.05) is 25.9 Å². The minimum atomic E-state index is -3.16. The second-order valence-electron chi connectivity index (χ2n) is 5.97. The van der Waals surface area contributed by atoms with Crippen molar-refractivity contribution < 1.29 is 13.2 Å². The maximum absolute atomic E-state index is 12.3. The molecule has 1 aromatic rings. The van der Waals surface area contributed by atoms with E-state index in [-0.39, 0.29) is 11.8 Å². The monoisotopic (exact) mass is 340 g/mol. The number of rotatable bonds is 6. The predicted octanol–water partition coefficient (Wildman–Crippen LogP) is 0.831. The quantitative estimate of drug-likeness (QED) is 0.828. The van der Waals surface area contributed by atoms with Crippen LogP contribution in [0.4, 0.5) is 0 Å². The van der Waals surface area contributed by atoms with Gasteiger partial charge in [-0.1, -0.05) is 13.3 Å². The summed E-state index contributed by atoms with van der Waals surface area (Å²) >= 11 is 0. The average Bonchev–Trinajstić information content (AvgIpc) is 2.53. The van der Waals surface area contributed by atoms with Crippen molar-refractivity contribution in [3.63, 3.8) is 0 Å². The molecule has 1 fully saturated rings. The van der Waals surface area contributed by atoms with Gasteiger partial charge in [-0.3, -0.25) is 4.79 Å². The standard InChI is InChI=1S/C15H24N4O3S/c1-3-5-14-13(9-16-11-18-14)15(20)17-8-12-6-4-7-19(10-12)23(2,21)22/h9,11-12H,3-8,10H2,1-2H3,(H,17,20). The summed E-state index contributed by atoms with van der Waals surface area (Å²) in [6, 6.07) is 0. The van der Waals surface area contributed by atoms with Crippen molar-refractivity contribution in [3.05, 3.63) is 23.8 Å². The molecule has 0 saturated carbocycles. The second-order valence-corrected chi connectivity index (χ2v) is 7.95. The third-order valence-corrected chi connectivity index (χ3v) is 5.30. The molecule has 2 heterocycles. The Hall–Kier alpha value is -1.54. The van der Waals surface area contributed by atoms with Gasteiger partial charge >= 0.3 is 0 Å². The summed E-state index contributed by atoms with van der Waals surface area (Å²) in [6.45, 7) is 3.53. The Kier molecular flexibility index (Phi) is 6.06. The third-order valence-electron chi connectivity index (χ3n) is 4.03. The number of piperidine rings is 1. The number of sulfonamides is 1. The van der Waals surface area contributed by atoms with Crippen LogP contribution < -0.4 is 5.32 Å². The molecule has 8 heteroatoms. The van der Waals surface area contributed by atoms with Crippen LogP contribution in [0.3, 0.4) is 0 Å². The summed E-state index contributed by atoms with van der Waals surface area (Å²) in [5.74, 6) is -0.0489. The van der Waals surface area contributed by atoms with Crippen molar-refractivity contribution in [2.24, 2.45) is 5.92 Å². The summed E-state index contributed by atoms with van der Waals surface area (Å²) in [4.78, 5) is 20.4. The van der Waals surface area contributed by atoms with Gasteiger partial charge in [0.1, 0.15) is 6.33 Å². The first-order valence-corrected chi connectivity index (χ1v) is 9.78. The first-order chi connectivity index (χ1) is 10.9. The van der Waals surface area contributed by atoms with E-state index in [2.05, 4.69) is 15.3 Å². The van der Waals surface area contributed by atoms with E-state index in [4.69, 9.17) is 0 Å². The Morgan fingerprint density at radius 2 is 2.26 bits per heavy atom.